The molecule has 0 aliphatic carbocycles. The Labute approximate surface area is 533 Å². The van der Waals surface area contributed by atoms with E-state index in [1.807, 2.05) is 54.6 Å². The molecule has 0 saturated carbocycles. The Bertz CT molecular complexity index is 4990. The van der Waals surface area contributed by atoms with E-state index in [-0.39, 0.29) is 50.0 Å². The Morgan fingerprint density at radius 1 is 0.415 bits per heavy atom. The van der Waals surface area contributed by atoms with E-state index in [2.05, 4.69) is 46.9 Å². The van der Waals surface area contributed by atoms with Gasteiger partial charge in [-0.2, -0.15) is 0 Å². The number of likely N-dealkylation sites (tertiary alicyclic amines) is 3. The van der Waals surface area contributed by atoms with E-state index in [9.17, 15) is 47.9 Å². The van der Waals surface area contributed by atoms with Gasteiger partial charge in [0.15, 0.2) is 0 Å². The van der Waals surface area contributed by atoms with Crippen LogP contribution in [0.3, 0.4) is 0 Å². The van der Waals surface area contributed by atoms with Crippen LogP contribution >= 0.6 is 0 Å². The number of nitrogens with zero attached hydrogens (tertiary/aromatic N) is 6. The van der Waals surface area contributed by atoms with Crippen LogP contribution in [0.2, 0.25) is 0 Å². The first-order chi connectivity index (χ1) is 45.5. The summed E-state index contributed by atoms with van der Waals surface area (Å²) in [4.78, 5) is 166. The van der Waals surface area contributed by atoms with Gasteiger partial charge in [0.25, 0.3) is 17.7 Å². The van der Waals surface area contributed by atoms with Gasteiger partial charge in [-0.25, -0.2) is 15.0 Å². The van der Waals surface area contributed by atoms with Crippen molar-refractivity contribution in [3.8, 4) is 0 Å². The summed E-state index contributed by atoms with van der Waals surface area (Å²) in [5, 5.41) is 20.7. The summed E-state index contributed by atoms with van der Waals surface area (Å²) in [7, 11) is 0. The molecule has 0 spiro atoms. The normalized spacial score (nSPS) is 18.8. The van der Waals surface area contributed by atoms with Crippen molar-refractivity contribution in [2.75, 3.05) is 39.3 Å². The van der Waals surface area contributed by atoms with Gasteiger partial charge in [-0.15, -0.1) is 0 Å². The molecule has 6 unspecified atom stereocenters. The van der Waals surface area contributed by atoms with E-state index in [0.717, 1.165) is 21.8 Å². The Balaban J connectivity index is 0.700. The van der Waals surface area contributed by atoms with Gasteiger partial charge >= 0.3 is 0 Å². The number of hydrogen-bond acceptors (Lipinski definition) is 13. The lowest BCUT2D eigenvalue weighted by atomic mass is 10.0. The van der Waals surface area contributed by atoms with Crippen LogP contribution in [0.15, 0.2) is 146 Å². The predicted molar refractivity (Wildman–Crippen MR) is 349 cm³/mol. The minimum Gasteiger partial charge on any atom is -0.368 e. The van der Waals surface area contributed by atoms with Crippen LogP contribution in [0.1, 0.15) is 57.3 Å². The molecule has 472 valence electrons. The fraction of sp³-hybridized carbons (Fsp3) is 0.232. The Kier molecular flexibility index (Phi) is 15.5. The van der Waals surface area contributed by atoms with Gasteiger partial charge in [-0.05, 0) is 55.7 Å². The highest BCUT2D eigenvalue weighted by Gasteiger charge is 2.46. The number of rotatable bonds is 15. The van der Waals surface area contributed by atoms with Crippen LogP contribution in [0, 0.1) is 0 Å². The van der Waals surface area contributed by atoms with Gasteiger partial charge < -0.3 is 62.3 Å². The maximum atomic E-state index is 14.9. The molecule has 3 fully saturated rings. The van der Waals surface area contributed by atoms with Crippen molar-refractivity contribution >= 4 is 147 Å². The highest BCUT2D eigenvalue weighted by molar-refractivity contribution is 6.22. The molecule has 94 heavy (non-hydrogen) atoms. The first-order valence-electron chi connectivity index (χ1n) is 30.8. The molecule has 0 bridgehead atoms. The highest BCUT2D eigenvalue weighted by atomic mass is 16.2. The second kappa shape index (κ2) is 24.4. The summed E-state index contributed by atoms with van der Waals surface area (Å²) in [5.74, 6) is -6.38. The third-order valence-corrected chi connectivity index (χ3v) is 18.0. The van der Waals surface area contributed by atoms with Crippen LogP contribution in [-0.4, -0.2) is 174 Å². The van der Waals surface area contributed by atoms with Crippen LogP contribution in [0.25, 0.3) is 87.5 Å². The zero-order chi connectivity index (χ0) is 65.1. The second-order valence-corrected chi connectivity index (χ2v) is 24.0. The maximum Gasteiger partial charge on any atom is 0.254 e. The lowest BCUT2D eigenvalue weighted by Gasteiger charge is -2.26. The number of carbonyl (C=O) groups is 10. The van der Waals surface area contributed by atoms with Gasteiger partial charge in [-0.1, -0.05) is 109 Å². The number of amides is 10. The SMILES string of the molecule is CC(=O)NC1CC(C(=O)NC2CC(C(=O)NC3CC(C(N)=O)N(C(=O)CNC(=O)c4c5ccccc5nc5ccccc45)C3)N(C(=O)CNC(=O)c3c4ccccc4nc4c3[nH]c3ccccc34)C2)N(C(=O)CNC(=O)c2c3ccccc3nc3c2[nH]c2ccccc23)C1. The lowest BCUT2D eigenvalue weighted by molar-refractivity contribution is -0.138. The fourth-order valence-corrected chi connectivity index (χ4v) is 13.8. The minimum atomic E-state index is -1.31. The number of hydrogen-bond donors (Lipinski definition) is 9. The van der Waals surface area contributed by atoms with Gasteiger partial charge in [0, 0.05) is 88.0 Å². The van der Waals surface area contributed by atoms with Gasteiger partial charge in [-0.3, -0.25) is 47.9 Å². The zero-order valence-corrected chi connectivity index (χ0v) is 50.5. The molecule has 0 radical (unpaired) electrons. The van der Waals surface area contributed by atoms with Gasteiger partial charge in [0.1, 0.15) is 18.1 Å². The molecule has 25 heteroatoms. The van der Waals surface area contributed by atoms with Crippen LogP contribution in [-0.2, 0) is 33.6 Å². The topological polar surface area (TPSA) is 349 Å². The molecule has 14 rings (SSSR count). The number of pyridine rings is 3. The Morgan fingerprint density at radius 2 is 0.734 bits per heavy atom. The number of nitrogens with two attached hydrogens (primary N) is 1. The molecular weight excluding hydrogens is 1200 g/mol. The number of benzene rings is 6. The largest absolute Gasteiger partial charge is 0.368 e. The summed E-state index contributed by atoms with van der Waals surface area (Å²) in [6, 6.07) is 37.2. The standard InChI is InChI=1S/C69H61N15O10/c1-35(85)74-36-27-52(83(32-36)55(87)30-72-68(93)58-41-16-4-10-22-47(41)78-60-43-18-6-12-24-49(43)80-62(58)60)65(90)76-38-28-53(84(34-38)56(88)31-73-69(94)59-42-17-5-11-23-48(42)79-61-44-19-7-13-25-50(44)81-63(59)61)66(91)75-37-26-51(64(70)89)82(33-37)54(86)29-71-67(92)57-39-14-2-8-20-45(39)77-46-21-9-3-15-40(46)57/h2-25,36-38,51-53,80-81H,26-34H2,1H3,(H2,70,89)(H,71,92)(H,72,93)(H,73,94)(H,74,85)(H,75,91)(H,76,90). The molecule has 3 aliphatic rings. The molecule has 3 aliphatic heterocycles. The third-order valence-electron chi connectivity index (χ3n) is 18.0. The average molecular weight is 1260 g/mol. The van der Waals surface area contributed by atoms with Crippen molar-refractivity contribution in [2.24, 2.45) is 5.73 Å². The Morgan fingerprint density at radius 3 is 1.13 bits per heavy atom. The van der Waals surface area contributed by atoms with Crippen LogP contribution in [0.5, 0.6) is 0 Å². The van der Waals surface area contributed by atoms with Crippen molar-refractivity contribution in [1.29, 1.82) is 0 Å². The van der Waals surface area contributed by atoms with Crippen molar-refractivity contribution in [3.63, 3.8) is 0 Å². The first kappa shape index (κ1) is 59.7. The molecule has 10 amide bonds. The molecule has 3 saturated heterocycles. The van der Waals surface area contributed by atoms with E-state index in [4.69, 9.17) is 15.7 Å². The highest BCUT2D eigenvalue weighted by Crippen LogP contribution is 2.34. The smallest absolute Gasteiger partial charge is 0.254 e. The number of H-pyrrole nitrogens is 2. The fourth-order valence-electron chi connectivity index (χ4n) is 13.8. The van der Waals surface area contributed by atoms with Crippen LogP contribution in [0.4, 0.5) is 0 Å². The summed E-state index contributed by atoms with van der Waals surface area (Å²) in [5.41, 5.74) is 12.5. The number of primary amides is 1. The quantitative estimate of drug-likeness (QED) is 0.0654. The first-order valence-corrected chi connectivity index (χ1v) is 30.8. The molecule has 25 nitrogen and oxygen atoms in total. The molecule has 11 aromatic rings. The average Bonchev–Trinajstić information content (AvgIpc) is 1.44. The number of carbonyl (C=O) groups excluding carboxylic acids is 10. The summed E-state index contributed by atoms with van der Waals surface area (Å²) in [6.45, 7) is -0.914. The molecule has 6 aromatic carbocycles. The summed E-state index contributed by atoms with van der Waals surface area (Å²) < 4.78 is 0. The van der Waals surface area contributed by atoms with E-state index in [1.54, 1.807) is 91.0 Å². The van der Waals surface area contributed by atoms with Crippen LogP contribution < -0.4 is 37.6 Å². The number of nitrogens with one attached hydrogen (secondary N) is 8. The third kappa shape index (κ3) is 11.0. The van der Waals surface area contributed by atoms with E-state index >= 15 is 0 Å². The lowest BCUT2D eigenvalue weighted by Crippen LogP contribution is -2.52. The van der Waals surface area contributed by atoms with E-state index in [0.29, 0.717) is 71.2 Å². The van der Waals surface area contributed by atoms with E-state index < -0.39 is 115 Å². The molecule has 5 aromatic heterocycles. The van der Waals surface area contributed by atoms with E-state index in [1.165, 1.54) is 21.6 Å². The number of aromatic amines is 2. The second-order valence-electron chi connectivity index (χ2n) is 24.0. The molecule has 10 N–H and O–H groups in total. The molecule has 6 atom stereocenters. The predicted octanol–water partition coefficient (Wildman–Crippen LogP) is 4.11. The number of para-hydroxylation sites is 6. The summed E-state index contributed by atoms with van der Waals surface area (Å²) >= 11 is 0. The Hall–Kier alpha value is -11.9. The van der Waals surface area contributed by atoms with Crippen molar-refractivity contribution < 1.29 is 47.9 Å². The van der Waals surface area contributed by atoms with Gasteiger partial charge in [0.05, 0.1) is 80.5 Å². The maximum absolute atomic E-state index is 14.9. The molecule has 8 heterocycles. The number of aromatic nitrogens is 5. The molecular formula is C69H61N15O10. The number of fused-ring (bicyclic) bond motifs is 10. The zero-order valence-electron chi connectivity index (χ0n) is 50.5. The van der Waals surface area contributed by atoms with Crippen molar-refractivity contribution in [1.82, 2.24) is 71.5 Å². The monoisotopic (exact) mass is 1260 g/mol. The van der Waals surface area contributed by atoms with Gasteiger partial charge in [0.2, 0.25) is 41.4 Å². The van der Waals surface area contributed by atoms with Crippen molar-refractivity contribution in [3.05, 3.63) is 162 Å². The van der Waals surface area contributed by atoms with Crippen molar-refractivity contribution in [2.45, 2.75) is 62.4 Å². The minimum absolute atomic E-state index is 0.0203. The summed E-state index contributed by atoms with van der Waals surface area (Å²) in [6.07, 6.45) is -0.310.